The van der Waals surface area contributed by atoms with Gasteiger partial charge in [-0.1, -0.05) is 6.08 Å². The second kappa shape index (κ2) is 9.90. The van der Waals surface area contributed by atoms with Gasteiger partial charge in [0.25, 0.3) is 11.8 Å². The number of hydrogen-bond donors (Lipinski definition) is 2. The molecule has 0 unspecified atom stereocenters. The maximum absolute atomic E-state index is 14.6. The van der Waals surface area contributed by atoms with Crippen molar-refractivity contribution in [2.45, 2.75) is 5.92 Å². The Bertz CT molecular complexity index is 1250. The number of benzene rings is 1. The van der Waals surface area contributed by atoms with E-state index in [1.54, 1.807) is 36.4 Å². The van der Waals surface area contributed by atoms with E-state index < -0.39 is 18.4 Å². The van der Waals surface area contributed by atoms with Crippen molar-refractivity contribution in [2.24, 2.45) is 0 Å². The van der Waals surface area contributed by atoms with Gasteiger partial charge in [0.1, 0.15) is 11.4 Å². The normalized spacial score (nSPS) is 16.2. The number of carbonyl (C=O) groups excluding carboxylic acids is 2. The van der Waals surface area contributed by atoms with Gasteiger partial charge in [-0.3, -0.25) is 9.59 Å². The molecule has 2 heterocycles. The summed E-state index contributed by atoms with van der Waals surface area (Å²) in [7, 11) is 6.57. The summed E-state index contributed by atoms with van der Waals surface area (Å²) in [4.78, 5) is 37.6. The number of likely N-dealkylation sites (N-methyl/N-ethyl adjacent to an activating group) is 1. The number of amides is 2. The average molecular weight is 500 g/mol. The molecule has 12 heteroatoms. The molecule has 2 aromatic rings. The molecule has 0 bridgehead atoms. The Labute approximate surface area is 207 Å². The van der Waals surface area contributed by atoms with E-state index in [4.69, 9.17) is 4.74 Å². The second-order valence-electron chi connectivity index (χ2n) is 8.61. The van der Waals surface area contributed by atoms with Crippen LogP contribution in [0.1, 0.15) is 10.4 Å². The Kier molecular flexibility index (Phi) is 6.88. The van der Waals surface area contributed by atoms with Crippen molar-refractivity contribution in [3.63, 3.8) is 0 Å². The predicted molar refractivity (Wildman–Crippen MR) is 132 cm³/mol. The zero-order chi connectivity index (χ0) is 26.0. The van der Waals surface area contributed by atoms with Gasteiger partial charge in [0.15, 0.2) is 5.82 Å². The molecule has 0 fully saturated rings. The molecule has 2 N–H and O–H groups in total. The van der Waals surface area contributed by atoms with Crippen molar-refractivity contribution < 1.29 is 23.1 Å². The number of nitrogens with zero attached hydrogens (tertiary/aromatic N) is 5. The third-order valence-corrected chi connectivity index (χ3v) is 5.74. The Morgan fingerprint density at radius 1 is 1.31 bits per heavy atom. The van der Waals surface area contributed by atoms with E-state index in [2.05, 4.69) is 20.6 Å². The lowest BCUT2D eigenvalue weighted by atomic mass is 10.1. The number of carbonyl (C=O) groups is 2. The van der Waals surface area contributed by atoms with Gasteiger partial charge in [0.05, 0.1) is 25.5 Å². The van der Waals surface area contributed by atoms with E-state index in [-0.39, 0.29) is 23.4 Å². The molecule has 0 spiro atoms. The fraction of sp³-hybridized carbons (Fsp3) is 0.333. The summed E-state index contributed by atoms with van der Waals surface area (Å²) < 4.78 is 34.7. The summed E-state index contributed by atoms with van der Waals surface area (Å²) in [6, 6.07) is 4.86. The molecule has 2 amide bonds. The summed E-state index contributed by atoms with van der Waals surface area (Å²) in [5.74, 6) is -4.55. The van der Waals surface area contributed by atoms with Gasteiger partial charge in [-0.05, 0) is 44.4 Å². The standard InChI is InChI=1S/C24H27F2N7O3/c1-31(2)11-10-27-21(34)15-8-9-17(19(12-15)36-4)29-23-28-13-18-20(30-23)33(16-6-5-7-16)14-24(25,26)22(35)32(18)3/h5-9,12-13H,10-11,14H2,1-4H3,(H,27,34)(H,28,29,30). The minimum atomic E-state index is -3.61. The predicted octanol–water partition coefficient (Wildman–Crippen LogP) is 2.39. The number of allylic oxidation sites excluding steroid dienone is 3. The fourth-order valence-electron chi connectivity index (χ4n) is 3.68. The van der Waals surface area contributed by atoms with Gasteiger partial charge < -0.3 is 30.1 Å². The number of halogens is 2. The molecule has 10 nitrogen and oxygen atoms in total. The van der Waals surface area contributed by atoms with E-state index in [9.17, 15) is 18.4 Å². The number of ether oxygens (including phenoxy) is 1. The zero-order valence-electron chi connectivity index (χ0n) is 20.4. The van der Waals surface area contributed by atoms with E-state index in [0.29, 0.717) is 35.8 Å². The van der Waals surface area contributed by atoms with Crippen molar-refractivity contribution in [1.29, 1.82) is 0 Å². The Hall–Kier alpha value is -4.06. The quantitative estimate of drug-likeness (QED) is 0.571. The van der Waals surface area contributed by atoms with Crippen LogP contribution in [0.5, 0.6) is 5.75 Å². The Morgan fingerprint density at radius 2 is 2.06 bits per heavy atom. The molecule has 0 radical (unpaired) electrons. The molecule has 1 aromatic heterocycles. The molecule has 1 aliphatic heterocycles. The van der Waals surface area contributed by atoms with Gasteiger partial charge in [-0.25, -0.2) is 4.98 Å². The molecule has 0 atom stereocenters. The first-order valence-electron chi connectivity index (χ1n) is 11.2. The molecular formula is C24H27F2N7O3. The first-order chi connectivity index (χ1) is 17.1. The third-order valence-electron chi connectivity index (χ3n) is 5.74. The van der Waals surface area contributed by atoms with Crippen LogP contribution in [0.2, 0.25) is 0 Å². The Balaban J connectivity index is 1.61. The van der Waals surface area contributed by atoms with Crippen LogP contribution in [-0.2, 0) is 4.79 Å². The van der Waals surface area contributed by atoms with Crippen LogP contribution >= 0.6 is 0 Å². The molecular weight excluding hydrogens is 472 g/mol. The topological polar surface area (TPSA) is 103 Å². The van der Waals surface area contributed by atoms with Crippen molar-refractivity contribution in [3.05, 3.63) is 53.9 Å². The van der Waals surface area contributed by atoms with Crippen molar-refractivity contribution in [1.82, 2.24) is 20.2 Å². The number of anilines is 4. The highest BCUT2D eigenvalue weighted by atomic mass is 19.3. The highest BCUT2D eigenvalue weighted by Gasteiger charge is 2.48. The van der Waals surface area contributed by atoms with Crippen LogP contribution in [0.25, 0.3) is 0 Å². The van der Waals surface area contributed by atoms with Crippen LogP contribution in [0, 0.1) is 0 Å². The van der Waals surface area contributed by atoms with E-state index in [1.165, 1.54) is 25.3 Å². The lowest BCUT2D eigenvalue weighted by Gasteiger charge is -2.28. The van der Waals surface area contributed by atoms with Gasteiger partial charge in [-0.2, -0.15) is 13.8 Å². The molecule has 0 saturated heterocycles. The Morgan fingerprint density at radius 3 is 2.69 bits per heavy atom. The van der Waals surface area contributed by atoms with Crippen LogP contribution in [0.15, 0.2) is 48.3 Å². The molecule has 1 aromatic carbocycles. The summed E-state index contributed by atoms with van der Waals surface area (Å²) in [6.07, 6.45) is 6.36. The maximum atomic E-state index is 14.6. The molecule has 1 aliphatic carbocycles. The molecule has 190 valence electrons. The number of aromatic nitrogens is 2. The highest BCUT2D eigenvalue weighted by molar-refractivity contribution is 6.02. The number of rotatable bonds is 8. The van der Waals surface area contributed by atoms with Gasteiger partial charge in [0.2, 0.25) is 5.95 Å². The number of fused-ring (bicyclic) bond motifs is 1. The summed E-state index contributed by atoms with van der Waals surface area (Å²) in [6.45, 7) is 0.348. The molecule has 0 saturated carbocycles. The number of nitrogens with one attached hydrogen (secondary N) is 2. The van der Waals surface area contributed by atoms with Gasteiger partial charge in [-0.15, -0.1) is 0 Å². The average Bonchev–Trinajstić information content (AvgIpc) is 2.87. The summed E-state index contributed by atoms with van der Waals surface area (Å²) in [5, 5.41) is 5.86. The van der Waals surface area contributed by atoms with Crippen LogP contribution in [0.4, 0.5) is 31.9 Å². The van der Waals surface area contributed by atoms with Gasteiger partial charge in [0, 0.05) is 31.4 Å². The second-order valence-corrected chi connectivity index (χ2v) is 8.61. The smallest absolute Gasteiger partial charge is 0.342 e. The van der Waals surface area contributed by atoms with Crippen molar-refractivity contribution in [3.8, 4) is 5.75 Å². The van der Waals surface area contributed by atoms with Crippen molar-refractivity contribution in [2.75, 3.05) is 63.0 Å². The first kappa shape index (κ1) is 25.0. The number of hydrogen-bond acceptors (Lipinski definition) is 8. The monoisotopic (exact) mass is 499 g/mol. The maximum Gasteiger partial charge on any atom is 0.342 e. The zero-order valence-corrected chi connectivity index (χ0v) is 20.4. The largest absolute Gasteiger partial charge is 0.495 e. The number of alkyl halides is 2. The fourth-order valence-corrected chi connectivity index (χ4v) is 3.68. The highest BCUT2D eigenvalue weighted by Crippen LogP contribution is 2.39. The SMILES string of the molecule is COc1cc(C(=O)NCCN(C)C)ccc1Nc1ncc2c(n1)N(C1=CC=C1)CC(F)(F)C(=O)N2C. The van der Waals surface area contributed by atoms with Gasteiger partial charge >= 0.3 is 5.92 Å². The van der Waals surface area contributed by atoms with E-state index >= 15 is 0 Å². The summed E-state index contributed by atoms with van der Waals surface area (Å²) in [5.41, 5.74) is 1.54. The van der Waals surface area contributed by atoms with Crippen LogP contribution < -0.4 is 25.2 Å². The third kappa shape index (κ3) is 4.98. The molecule has 2 aliphatic rings. The minimum Gasteiger partial charge on any atom is -0.495 e. The number of methoxy groups -OCH3 is 1. The molecule has 4 rings (SSSR count). The lowest BCUT2D eigenvalue weighted by molar-refractivity contribution is -0.140. The minimum absolute atomic E-state index is 0.107. The van der Waals surface area contributed by atoms with E-state index in [1.807, 2.05) is 19.0 Å². The van der Waals surface area contributed by atoms with Crippen LogP contribution in [0.3, 0.4) is 0 Å². The van der Waals surface area contributed by atoms with Crippen LogP contribution in [-0.4, -0.2) is 80.5 Å². The summed E-state index contributed by atoms with van der Waals surface area (Å²) >= 11 is 0. The lowest BCUT2D eigenvalue weighted by Crippen LogP contribution is -2.46. The first-order valence-corrected chi connectivity index (χ1v) is 11.2. The molecule has 36 heavy (non-hydrogen) atoms. The van der Waals surface area contributed by atoms with E-state index in [0.717, 1.165) is 4.90 Å². The van der Waals surface area contributed by atoms with Crippen molar-refractivity contribution >= 4 is 35.0 Å².